The largest absolute Gasteiger partial charge is 0.320 e. The molecule has 1 aromatic heterocycles. The Morgan fingerprint density at radius 1 is 1.20 bits per heavy atom. The summed E-state index contributed by atoms with van der Waals surface area (Å²) in [5.41, 5.74) is 1.38. The van der Waals surface area contributed by atoms with E-state index in [4.69, 9.17) is 0 Å². The lowest BCUT2D eigenvalue weighted by Gasteiger charge is -2.25. The van der Waals surface area contributed by atoms with E-state index < -0.39 is 29.0 Å². The van der Waals surface area contributed by atoms with E-state index in [-0.39, 0.29) is 6.54 Å². The van der Waals surface area contributed by atoms with Crippen molar-refractivity contribution in [3.05, 3.63) is 65.8 Å². The maximum atomic E-state index is 13.6. The average molecular weight is 347 g/mol. The molecule has 0 bridgehead atoms. The predicted molar refractivity (Wildman–Crippen MR) is 88.2 cm³/mol. The lowest BCUT2D eigenvalue weighted by molar-refractivity contribution is -0.117. The molecule has 25 heavy (non-hydrogen) atoms. The van der Waals surface area contributed by atoms with Gasteiger partial charge in [0.15, 0.2) is 11.6 Å². The Bertz CT molecular complexity index is 785. The van der Waals surface area contributed by atoms with Crippen LogP contribution in [-0.4, -0.2) is 35.4 Å². The fourth-order valence-corrected chi connectivity index (χ4v) is 2.68. The van der Waals surface area contributed by atoms with Gasteiger partial charge in [-0.05, 0) is 24.1 Å². The molecule has 1 aliphatic rings. The van der Waals surface area contributed by atoms with Crippen LogP contribution in [0.1, 0.15) is 12.1 Å². The number of aromatic nitrogens is 1. The Hall–Kier alpha value is -2.67. The van der Waals surface area contributed by atoms with Gasteiger partial charge in [0.1, 0.15) is 11.5 Å². The molecule has 1 N–H and O–H groups in total. The van der Waals surface area contributed by atoms with E-state index in [0.29, 0.717) is 25.2 Å². The number of nitrogens with zero attached hydrogens (tertiary/aromatic N) is 2. The van der Waals surface area contributed by atoms with Gasteiger partial charge in [0.2, 0.25) is 5.91 Å². The van der Waals surface area contributed by atoms with Gasteiger partial charge < -0.3 is 5.32 Å². The molecule has 0 atom stereocenters. The maximum absolute atomic E-state index is 13.6. The smallest absolute Gasteiger partial charge is 0.238 e. The molecule has 0 saturated heterocycles. The van der Waals surface area contributed by atoms with E-state index in [1.54, 1.807) is 6.20 Å². The van der Waals surface area contributed by atoms with Crippen LogP contribution in [0.3, 0.4) is 0 Å². The van der Waals surface area contributed by atoms with E-state index in [0.717, 1.165) is 17.7 Å². The number of halogens is 3. The fraction of sp³-hybridized carbons (Fsp3) is 0.222. The van der Waals surface area contributed by atoms with Crippen molar-refractivity contribution in [2.75, 3.05) is 25.0 Å². The number of rotatable bonds is 4. The minimum atomic E-state index is -1.14. The highest BCUT2D eigenvalue weighted by Gasteiger charge is 2.19. The summed E-state index contributed by atoms with van der Waals surface area (Å²) in [4.78, 5) is 18.1. The maximum Gasteiger partial charge on any atom is 0.238 e. The highest BCUT2D eigenvalue weighted by molar-refractivity contribution is 5.92. The summed E-state index contributed by atoms with van der Waals surface area (Å²) < 4.78 is 40.0. The molecule has 0 unspecified atom stereocenters. The summed E-state index contributed by atoms with van der Waals surface area (Å²) in [5, 5.41) is 2.17. The van der Waals surface area contributed by atoms with Gasteiger partial charge in [-0.1, -0.05) is 12.1 Å². The minimum Gasteiger partial charge on any atom is -0.320 e. The van der Waals surface area contributed by atoms with Gasteiger partial charge in [-0.3, -0.25) is 14.7 Å². The minimum absolute atomic E-state index is 0.0117. The molecule has 3 rings (SSSR count). The standard InChI is InChI=1S/C18H16F3N3O/c19-13-9-14(20)18(15(21)10-13)23-17(25)11-24-7-4-12(5-8-24)16-3-1-2-6-22-16/h1-4,6,9-10H,5,7-8,11H2,(H,23,25). The fourth-order valence-electron chi connectivity index (χ4n) is 2.68. The number of pyridine rings is 1. The van der Waals surface area contributed by atoms with Gasteiger partial charge >= 0.3 is 0 Å². The molecule has 0 aliphatic carbocycles. The first-order valence-corrected chi connectivity index (χ1v) is 7.80. The third-order valence-electron chi connectivity index (χ3n) is 3.93. The Kier molecular flexibility index (Phi) is 5.14. The van der Waals surface area contributed by atoms with Gasteiger partial charge in [0, 0.05) is 31.4 Å². The monoisotopic (exact) mass is 347 g/mol. The van der Waals surface area contributed by atoms with Crippen LogP contribution in [0.4, 0.5) is 18.9 Å². The van der Waals surface area contributed by atoms with Crippen LogP contribution >= 0.6 is 0 Å². The molecule has 4 nitrogen and oxygen atoms in total. The Balaban J connectivity index is 1.59. The van der Waals surface area contributed by atoms with Crippen molar-refractivity contribution in [1.82, 2.24) is 9.88 Å². The van der Waals surface area contributed by atoms with Gasteiger partial charge in [-0.25, -0.2) is 13.2 Å². The van der Waals surface area contributed by atoms with Crippen molar-refractivity contribution in [2.45, 2.75) is 6.42 Å². The Morgan fingerprint density at radius 3 is 2.56 bits per heavy atom. The molecule has 0 fully saturated rings. The van der Waals surface area contributed by atoms with Crippen molar-refractivity contribution in [3.8, 4) is 0 Å². The van der Waals surface area contributed by atoms with Crippen LogP contribution in [-0.2, 0) is 4.79 Å². The number of carbonyl (C=O) groups is 1. The molecular formula is C18H16F3N3O. The van der Waals surface area contributed by atoms with Gasteiger partial charge in [0.25, 0.3) is 0 Å². The van der Waals surface area contributed by atoms with Crippen molar-refractivity contribution in [1.29, 1.82) is 0 Å². The third kappa shape index (κ3) is 4.24. The number of hydrogen-bond donors (Lipinski definition) is 1. The Morgan fingerprint density at radius 2 is 1.96 bits per heavy atom. The number of amides is 1. The van der Waals surface area contributed by atoms with Crippen LogP contribution < -0.4 is 5.32 Å². The Labute approximate surface area is 143 Å². The molecule has 130 valence electrons. The molecule has 0 saturated carbocycles. The van der Waals surface area contributed by atoms with Crippen molar-refractivity contribution < 1.29 is 18.0 Å². The number of carbonyl (C=O) groups excluding carboxylic acids is 1. The predicted octanol–water partition coefficient (Wildman–Crippen LogP) is 3.23. The number of benzene rings is 1. The average Bonchev–Trinajstić information content (AvgIpc) is 2.59. The molecule has 2 aromatic rings. The molecular weight excluding hydrogens is 331 g/mol. The van der Waals surface area contributed by atoms with E-state index in [9.17, 15) is 18.0 Å². The van der Waals surface area contributed by atoms with Gasteiger partial charge in [-0.15, -0.1) is 0 Å². The van der Waals surface area contributed by atoms with Crippen LogP contribution in [0.25, 0.3) is 5.57 Å². The third-order valence-corrected chi connectivity index (χ3v) is 3.93. The van der Waals surface area contributed by atoms with E-state index in [2.05, 4.69) is 10.3 Å². The topological polar surface area (TPSA) is 45.2 Å². The summed E-state index contributed by atoms with van der Waals surface area (Å²) in [7, 11) is 0. The lowest BCUT2D eigenvalue weighted by atomic mass is 10.0. The number of nitrogens with one attached hydrogen (secondary N) is 1. The zero-order valence-electron chi connectivity index (χ0n) is 13.3. The number of anilines is 1. The summed E-state index contributed by atoms with van der Waals surface area (Å²) in [6, 6.07) is 6.74. The first-order valence-electron chi connectivity index (χ1n) is 7.80. The highest BCUT2D eigenvalue weighted by Crippen LogP contribution is 2.22. The molecule has 2 heterocycles. The quantitative estimate of drug-likeness (QED) is 0.924. The van der Waals surface area contributed by atoms with Crippen LogP contribution in [0.5, 0.6) is 0 Å². The zero-order chi connectivity index (χ0) is 17.8. The molecule has 1 aliphatic heterocycles. The molecule has 1 aromatic carbocycles. The van der Waals surface area contributed by atoms with Crippen LogP contribution in [0.15, 0.2) is 42.6 Å². The van der Waals surface area contributed by atoms with Crippen LogP contribution in [0, 0.1) is 17.5 Å². The SMILES string of the molecule is O=C(CN1CC=C(c2ccccn2)CC1)Nc1c(F)cc(F)cc1F. The molecule has 0 radical (unpaired) electrons. The lowest BCUT2D eigenvalue weighted by Crippen LogP contribution is -2.36. The normalized spacial score (nSPS) is 14.9. The second kappa shape index (κ2) is 7.48. The van der Waals surface area contributed by atoms with E-state index in [1.807, 2.05) is 29.2 Å². The number of hydrogen-bond acceptors (Lipinski definition) is 3. The second-order valence-electron chi connectivity index (χ2n) is 5.72. The molecule has 7 heteroatoms. The van der Waals surface area contributed by atoms with Gasteiger partial charge in [-0.2, -0.15) is 0 Å². The second-order valence-corrected chi connectivity index (χ2v) is 5.72. The summed E-state index contributed by atoms with van der Waals surface area (Å²) in [6.07, 6.45) is 4.43. The van der Waals surface area contributed by atoms with Gasteiger partial charge in [0.05, 0.1) is 12.2 Å². The molecule has 0 spiro atoms. The first-order chi connectivity index (χ1) is 12.0. The highest BCUT2D eigenvalue weighted by atomic mass is 19.1. The summed E-state index contributed by atoms with van der Waals surface area (Å²) in [5.74, 6) is -3.86. The van der Waals surface area contributed by atoms with Crippen molar-refractivity contribution in [2.24, 2.45) is 0 Å². The van der Waals surface area contributed by atoms with Crippen molar-refractivity contribution >= 4 is 17.2 Å². The summed E-state index contributed by atoms with van der Waals surface area (Å²) >= 11 is 0. The first kappa shape index (κ1) is 17.2. The molecule has 1 amide bonds. The van der Waals surface area contributed by atoms with E-state index in [1.165, 1.54) is 0 Å². The zero-order valence-corrected chi connectivity index (χ0v) is 13.3. The van der Waals surface area contributed by atoms with Crippen LogP contribution in [0.2, 0.25) is 0 Å². The van der Waals surface area contributed by atoms with Crippen molar-refractivity contribution in [3.63, 3.8) is 0 Å². The van der Waals surface area contributed by atoms with E-state index >= 15 is 0 Å². The summed E-state index contributed by atoms with van der Waals surface area (Å²) in [6.45, 7) is 1.15.